The lowest BCUT2D eigenvalue weighted by Gasteiger charge is -2.01. The first-order chi connectivity index (χ1) is 9.19. The first-order valence-electron chi connectivity index (χ1n) is 5.35. The molecular formula is C12H10N2O4S. The van der Waals surface area contributed by atoms with Gasteiger partial charge in [-0.15, -0.1) is 0 Å². The summed E-state index contributed by atoms with van der Waals surface area (Å²) in [5, 5.41) is 0.404. The van der Waals surface area contributed by atoms with Gasteiger partial charge in [0.15, 0.2) is 0 Å². The highest BCUT2D eigenvalue weighted by molar-refractivity contribution is 7.05. The SMILES string of the molecule is COC(=O)c1nsc(CC(=O)Oc2ccccc2)n1. The number of hydrogen-bond donors (Lipinski definition) is 0. The number of benzene rings is 1. The molecule has 2 rings (SSSR count). The van der Waals surface area contributed by atoms with Crippen molar-refractivity contribution in [2.24, 2.45) is 0 Å². The van der Waals surface area contributed by atoms with Gasteiger partial charge in [0.1, 0.15) is 10.8 Å². The monoisotopic (exact) mass is 278 g/mol. The number of aromatic nitrogens is 2. The third-order valence-corrected chi connectivity index (χ3v) is 2.82. The van der Waals surface area contributed by atoms with E-state index in [1.165, 1.54) is 7.11 Å². The molecule has 0 saturated heterocycles. The van der Waals surface area contributed by atoms with Crippen molar-refractivity contribution in [3.63, 3.8) is 0 Å². The zero-order valence-electron chi connectivity index (χ0n) is 10.0. The van der Waals surface area contributed by atoms with Gasteiger partial charge in [0.25, 0.3) is 5.82 Å². The Morgan fingerprint density at radius 1 is 1.26 bits per heavy atom. The van der Waals surface area contributed by atoms with Gasteiger partial charge in [-0.05, 0) is 23.7 Å². The van der Waals surface area contributed by atoms with Gasteiger partial charge < -0.3 is 9.47 Å². The fraction of sp³-hybridized carbons (Fsp3) is 0.167. The minimum Gasteiger partial charge on any atom is -0.463 e. The number of methoxy groups -OCH3 is 1. The van der Waals surface area contributed by atoms with E-state index in [0.717, 1.165) is 11.5 Å². The van der Waals surface area contributed by atoms with Gasteiger partial charge in [0.05, 0.1) is 13.5 Å². The van der Waals surface area contributed by atoms with Crippen molar-refractivity contribution in [1.29, 1.82) is 0 Å². The Labute approximate surface area is 113 Å². The van der Waals surface area contributed by atoms with Gasteiger partial charge >= 0.3 is 11.9 Å². The fourth-order valence-electron chi connectivity index (χ4n) is 1.28. The maximum absolute atomic E-state index is 11.6. The topological polar surface area (TPSA) is 78.4 Å². The van der Waals surface area contributed by atoms with E-state index in [4.69, 9.17) is 4.74 Å². The molecule has 0 amide bonds. The second-order valence-corrected chi connectivity index (χ2v) is 4.30. The average molecular weight is 278 g/mol. The largest absolute Gasteiger partial charge is 0.463 e. The van der Waals surface area contributed by atoms with Crippen LogP contribution in [0, 0.1) is 0 Å². The lowest BCUT2D eigenvalue weighted by atomic mass is 10.3. The maximum Gasteiger partial charge on any atom is 0.377 e. The number of carbonyl (C=O) groups excluding carboxylic acids is 2. The van der Waals surface area contributed by atoms with Crippen molar-refractivity contribution in [2.75, 3.05) is 7.11 Å². The van der Waals surface area contributed by atoms with Gasteiger partial charge in [-0.2, -0.15) is 4.37 Å². The van der Waals surface area contributed by atoms with Crippen LogP contribution in [0.25, 0.3) is 0 Å². The molecular weight excluding hydrogens is 268 g/mol. The van der Waals surface area contributed by atoms with Crippen molar-refractivity contribution in [3.8, 4) is 5.75 Å². The van der Waals surface area contributed by atoms with Gasteiger partial charge in [-0.25, -0.2) is 9.78 Å². The molecule has 0 fully saturated rings. The van der Waals surface area contributed by atoms with Crippen molar-refractivity contribution < 1.29 is 19.1 Å². The molecule has 19 heavy (non-hydrogen) atoms. The number of para-hydroxylation sites is 1. The summed E-state index contributed by atoms with van der Waals surface area (Å²) in [5.74, 6) is -0.669. The molecule has 1 aromatic carbocycles. The summed E-state index contributed by atoms with van der Waals surface area (Å²) < 4.78 is 13.4. The highest BCUT2D eigenvalue weighted by Gasteiger charge is 2.15. The van der Waals surface area contributed by atoms with E-state index in [0.29, 0.717) is 10.8 Å². The van der Waals surface area contributed by atoms with Crippen LogP contribution in [0.15, 0.2) is 30.3 Å². The van der Waals surface area contributed by atoms with Crippen LogP contribution in [0.2, 0.25) is 0 Å². The molecule has 0 atom stereocenters. The van der Waals surface area contributed by atoms with Crippen LogP contribution in [0.1, 0.15) is 15.6 Å². The van der Waals surface area contributed by atoms with Gasteiger partial charge in [0, 0.05) is 0 Å². The first-order valence-corrected chi connectivity index (χ1v) is 6.13. The number of ether oxygens (including phenoxy) is 2. The highest BCUT2D eigenvalue weighted by atomic mass is 32.1. The summed E-state index contributed by atoms with van der Waals surface area (Å²) >= 11 is 0.969. The predicted octanol–water partition coefficient (Wildman–Crippen LogP) is 1.47. The molecule has 1 aromatic heterocycles. The highest BCUT2D eigenvalue weighted by Crippen LogP contribution is 2.11. The number of rotatable bonds is 4. The average Bonchev–Trinajstić information content (AvgIpc) is 2.87. The summed E-state index contributed by atoms with van der Waals surface area (Å²) in [5.41, 5.74) is 0. The zero-order valence-corrected chi connectivity index (χ0v) is 10.8. The zero-order chi connectivity index (χ0) is 13.7. The fourth-order valence-corrected chi connectivity index (χ4v) is 1.90. The molecule has 0 bridgehead atoms. The summed E-state index contributed by atoms with van der Waals surface area (Å²) in [7, 11) is 1.24. The number of nitrogens with zero attached hydrogens (tertiary/aromatic N) is 2. The summed E-state index contributed by atoms with van der Waals surface area (Å²) in [4.78, 5) is 26.7. The number of carbonyl (C=O) groups is 2. The summed E-state index contributed by atoms with van der Waals surface area (Å²) in [6.07, 6.45) is -0.0381. The normalized spacial score (nSPS) is 9.95. The summed E-state index contributed by atoms with van der Waals surface area (Å²) in [6, 6.07) is 8.71. The molecule has 6 nitrogen and oxygen atoms in total. The van der Waals surface area contributed by atoms with E-state index in [1.54, 1.807) is 24.3 Å². The second-order valence-electron chi connectivity index (χ2n) is 3.47. The lowest BCUT2D eigenvalue weighted by Crippen LogP contribution is -2.11. The first kappa shape index (κ1) is 13.2. The molecule has 0 radical (unpaired) electrons. The molecule has 0 N–H and O–H groups in total. The molecule has 0 unspecified atom stereocenters. The Balaban J connectivity index is 1.96. The van der Waals surface area contributed by atoms with Crippen molar-refractivity contribution in [3.05, 3.63) is 41.2 Å². The van der Waals surface area contributed by atoms with Crippen LogP contribution in [0.3, 0.4) is 0 Å². The Morgan fingerprint density at radius 3 is 2.68 bits per heavy atom. The number of esters is 2. The van der Waals surface area contributed by atoms with E-state index in [1.807, 2.05) is 6.07 Å². The van der Waals surface area contributed by atoms with Gasteiger partial charge in [-0.1, -0.05) is 18.2 Å². The van der Waals surface area contributed by atoms with E-state index in [-0.39, 0.29) is 12.2 Å². The van der Waals surface area contributed by atoms with Crippen LogP contribution in [0.5, 0.6) is 5.75 Å². The third-order valence-electron chi connectivity index (χ3n) is 2.11. The van der Waals surface area contributed by atoms with Crippen LogP contribution >= 0.6 is 11.5 Å². The van der Waals surface area contributed by atoms with E-state index < -0.39 is 11.9 Å². The smallest absolute Gasteiger partial charge is 0.377 e. The molecule has 0 aliphatic rings. The molecule has 0 spiro atoms. The molecule has 0 aliphatic carbocycles. The van der Waals surface area contributed by atoms with Crippen LogP contribution in [-0.2, 0) is 16.0 Å². The van der Waals surface area contributed by atoms with Crippen LogP contribution in [-0.4, -0.2) is 28.4 Å². The van der Waals surface area contributed by atoms with Gasteiger partial charge in [0.2, 0.25) is 0 Å². The molecule has 2 aromatic rings. The van der Waals surface area contributed by atoms with E-state index in [9.17, 15) is 9.59 Å². The molecule has 1 heterocycles. The Bertz CT molecular complexity index is 582. The van der Waals surface area contributed by atoms with Gasteiger partial charge in [-0.3, -0.25) is 4.79 Å². The van der Waals surface area contributed by atoms with Crippen LogP contribution in [0.4, 0.5) is 0 Å². The lowest BCUT2D eigenvalue weighted by molar-refractivity contribution is -0.133. The molecule has 98 valence electrons. The Hall–Kier alpha value is -2.28. The Morgan fingerprint density at radius 2 is 2.00 bits per heavy atom. The van der Waals surface area contributed by atoms with Crippen molar-refractivity contribution in [1.82, 2.24) is 9.36 Å². The second kappa shape index (κ2) is 6.05. The maximum atomic E-state index is 11.6. The van der Waals surface area contributed by atoms with E-state index in [2.05, 4.69) is 14.1 Å². The Kier molecular flexibility index (Phi) is 4.19. The summed E-state index contributed by atoms with van der Waals surface area (Å²) in [6.45, 7) is 0. The quantitative estimate of drug-likeness (QED) is 0.622. The predicted molar refractivity (Wildman–Crippen MR) is 67.0 cm³/mol. The standard InChI is InChI=1S/C12H10N2O4S/c1-17-12(16)11-13-9(19-14-11)7-10(15)18-8-5-3-2-4-6-8/h2-6H,7H2,1H3. The minimum atomic E-state index is -0.626. The van der Waals surface area contributed by atoms with E-state index >= 15 is 0 Å². The number of hydrogen-bond acceptors (Lipinski definition) is 7. The molecule has 0 saturated carbocycles. The molecule has 0 aliphatic heterocycles. The van der Waals surface area contributed by atoms with Crippen LogP contribution < -0.4 is 4.74 Å². The third kappa shape index (κ3) is 3.59. The molecule has 7 heteroatoms. The van der Waals surface area contributed by atoms with Crippen molar-refractivity contribution in [2.45, 2.75) is 6.42 Å². The van der Waals surface area contributed by atoms with Crippen molar-refractivity contribution >= 4 is 23.5 Å². The minimum absolute atomic E-state index is 0.0381.